The smallest absolute Gasteiger partial charge is 0.230 e. The molecule has 0 spiro atoms. The van der Waals surface area contributed by atoms with E-state index in [-0.39, 0.29) is 5.91 Å². The first-order chi connectivity index (χ1) is 10.8. The standard InChI is InChI=1S/C15H15N3O3S/c19-14(8-11-9-22-15-16-3-4-18(11)15)17-10-1-2-12-13(7-10)21-6-5-20-12/h1-2,7,9H,3-6,8H2,(H,17,19). The van der Waals surface area contributed by atoms with Crippen LogP contribution in [0, 0.1) is 0 Å². The van der Waals surface area contributed by atoms with Gasteiger partial charge in [0.2, 0.25) is 5.91 Å². The first-order valence-electron chi connectivity index (χ1n) is 7.17. The van der Waals surface area contributed by atoms with Crippen LogP contribution in [0.15, 0.2) is 34.3 Å². The highest BCUT2D eigenvalue weighted by atomic mass is 32.2. The van der Waals surface area contributed by atoms with E-state index in [1.54, 1.807) is 17.8 Å². The molecule has 6 nitrogen and oxygen atoms in total. The highest BCUT2D eigenvalue weighted by Crippen LogP contribution is 2.33. The Hall–Kier alpha value is -2.15. The summed E-state index contributed by atoms with van der Waals surface area (Å²) in [4.78, 5) is 18.7. The van der Waals surface area contributed by atoms with E-state index < -0.39 is 0 Å². The second kappa shape index (κ2) is 5.57. The summed E-state index contributed by atoms with van der Waals surface area (Å²) in [5, 5.41) is 5.91. The van der Waals surface area contributed by atoms with Gasteiger partial charge in [0.15, 0.2) is 16.7 Å². The molecule has 0 aliphatic carbocycles. The molecule has 1 N–H and O–H groups in total. The van der Waals surface area contributed by atoms with E-state index in [0.717, 1.165) is 35.4 Å². The van der Waals surface area contributed by atoms with Gasteiger partial charge in [-0.15, -0.1) is 0 Å². The van der Waals surface area contributed by atoms with Crippen LogP contribution in [-0.4, -0.2) is 42.3 Å². The topological polar surface area (TPSA) is 63.2 Å². The Bertz CT molecular complexity index is 687. The molecular weight excluding hydrogens is 302 g/mol. The monoisotopic (exact) mass is 317 g/mol. The van der Waals surface area contributed by atoms with Crippen molar-refractivity contribution >= 4 is 28.5 Å². The number of ether oxygens (including phenoxy) is 2. The molecule has 0 fully saturated rings. The van der Waals surface area contributed by atoms with Crippen molar-refractivity contribution in [1.82, 2.24) is 4.90 Å². The molecule has 114 valence electrons. The van der Waals surface area contributed by atoms with Gasteiger partial charge in [0, 0.05) is 24.0 Å². The largest absolute Gasteiger partial charge is 0.486 e. The number of nitrogens with zero attached hydrogens (tertiary/aromatic N) is 2. The summed E-state index contributed by atoms with van der Waals surface area (Å²) in [5.41, 5.74) is 1.73. The fourth-order valence-electron chi connectivity index (χ4n) is 2.61. The van der Waals surface area contributed by atoms with Crippen molar-refractivity contribution in [3.05, 3.63) is 29.3 Å². The fourth-order valence-corrected chi connectivity index (χ4v) is 3.56. The molecule has 4 rings (SSSR count). The molecular formula is C15H15N3O3S. The maximum absolute atomic E-state index is 12.2. The van der Waals surface area contributed by atoms with Crippen molar-refractivity contribution in [2.24, 2.45) is 4.99 Å². The highest BCUT2D eigenvalue weighted by Gasteiger charge is 2.27. The van der Waals surface area contributed by atoms with Gasteiger partial charge in [-0.2, -0.15) is 0 Å². The number of carbonyl (C=O) groups excluding carboxylic acids is 1. The quantitative estimate of drug-likeness (QED) is 0.924. The molecule has 0 unspecified atom stereocenters. The number of rotatable bonds is 3. The Kier molecular flexibility index (Phi) is 3.42. The van der Waals surface area contributed by atoms with Crippen LogP contribution < -0.4 is 14.8 Å². The molecule has 0 bridgehead atoms. The van der Waals surface area contributed by atoms with Gasteiger partial charge in [0.05, 0.1) is 13.0 Å². The Balaban J connectivity index is 1.41. The lowest BCUT2D eigenvalue weighted by Gasteiger charge is -2.19. The second-order valence-electron chi connectivity index (χ2n) is 5.13. The van der Waals surface area contributed by atoms with Crippen LogP contribution in [0.1, 0.15) is 6.42 Å². The van der Waals surface area contributed by atoms with Gasteiger partial charge in [-0.05, 0) is 17.5 Å². The summed E-state index contributed by atoms with van der Waals surface area (Å²) in [5.74, 6) is 1.35. The number of anilines is 1. The van der Waals surface area contributed by atoms with Crippen LogP contribution >= 0.6 is 11.8 Å². The molecule has 22 heavy (non-hydrogen) atoms. The number of carbonyl (C=O) groups is 1. The molecule has 1 aromatic carbocycles. The summed E-state index contributed by atoms with van der Waals surface area (Å²) in [6, 6.07) is 5.44. The van der Waals surface area contributed by atoms with Gasteiger partial charge in [-0.1, -0.05) is 11.8 Å². The number of fused-ring (bicyclic) bond motifs is 2. The lowest BCUT2D eigenvalue weighted by molar-refractivity contribution is -0.115. The van der Waals surface area contributed by atoms with Gasteiger partial charge in [-0.25, -0.2) is 0 Å². The molecule has 3 aliphatic heterocycles. The first-order valence-corrected chi connectivity index (χ1v) is 8.05. The summed E-state index contributed by atoms with van der Waals surface area (Å²) in [6.45, 7) is 2.77. The number of benzene rings is 1. The molecule has 0 radical (unpaired) electrons. The maximum atomic E-state index is 12.2. The summed E-state index contributed by atoms with van der Waals surface area (Å²) < 4.78 is 11.0. The molecule has 3 heterocycles. The molecule has 3 aliphatic rings. The number of hydrogen-bond acceptors (Lipinski definition) is 6. The van der Waals surface area contributed by atoms with E-state index in [0.29, 0.717) is 25.4 Å². The van der Waals surface area contributed by atoms with E-state index in [2.05, 4.69) is 15.2 Å². The summed E-state index contributed by atoms with van der Waals surface area (Å²) in [7, 11) is 0. The lowest BCUT2D eigenvalue weighted by atomic mass is 10.2. The molecule has 0 saturated heterocycles. The van der Waals surface area contributed by atoms with Gasteiger partial charge in [0.1, 0.15) is 13.2 Å². The van der Waals surface area contributed by atoms with Crippen LogP contribution in [0.3, 0.4) is 0 Å². The minimum absolute atomic E-state index is 0.0447. The van der Waals surface area contributed by atoms with Crippen LogP contribution in [0.2, 0.25) is 0 Å². The molecule has 0 aromatic heterocycles. The highest BCUT2D eigenvalue weighted by molar-refractivity contribution is 8.16. The fraction of sp³-hybridized carbons (Fsp3) is 0.333. The minimum Gasteiger partial charge on any atom is -0.486 e. The molecule has 0 saturated carbocycles. The average molecular weight is 317 g/mol. The normalized spacial score (nSPS) is 18.6. The Labute approximate surface area is 132 Å². The van der Waals surface area contributed by atoms with Crippen molar-refractivity contribution < 1.29 is 14.3 Å². The molecule has 1 amide bonds. The number of amides is 1. The zero-order valence-electron chi connectivity index (χ0n) is 11.9. The third-order valence-electron chi connectivity index (χ3n) is 3.62. The number of thioether (sulfide) groups is 1. The molecule has 1 aromatic rings. The van der Waals surface area contributed by atoms with Gasteiger partial charge < -0.3 is 19.7 Å². The van der Waals surface area contributed by atoms with Gasteiger partial charge >= 0.3 is 0 Å². The third kappa shape index (κ3) is 2.52. The lowest BCUT2D eigenvalue weighted by Crippen LogP contribution is -2.24. The number of amidine groups is 1. The van der Waals surface area contributed by atoms with Gasteiger partial charge in [0.25, 0.3) is 0 Å². The number of hydrogen-bond donors (Lipinski definition) is 1. The molecule has 7 heteroatoms. The van der Waals surface area contributed by atoms with E-state index >= 15 is 0 Å². The van der Waals surface area contributed by atoms with E-state index in [4.69, 9.17) is 9.47 Å². The van der Waals surface area contributed by atoms with Crippen molar-refractivity contribution in [3.63, 3.8) is 0 Å². The maximum Gasteiger partial charge on any atom is 0.230 e. The van der Waals surface area contributed by atoms with Crippen molar-refractivity contribution in [3.8, 4) is 11.5 Å². The van der Waals surface area contributed by atoms with Crippen LogP contribution in [0.25, 0.3) is 0 Å². The summed E-state index contributed by atoms with van der Waals surface area (Å²) >= 11 is 1.59. The predicted molar refractivity (Wildman–Crippen MR) is 85.4 cm³/mol. The number of aliphatic imine (C=N–C) groups is 1. The third-order valence-corrected chi connectivity index (χ3v) is 4.57. The van der Waals surface area contributed by atoms with E-state index in [1.807, 2.05) is 17.5 Å². The SMILES string of the molecule is O=C(CC1=CSC2=NCCN12)Nc1ccc2c(c1)OCCO2. The summed E-state index contributed by atoms with van der Waals surface area (Å²) in [6.07, 6.45) is 0.348. The van der Waals surface area contributed by atoms with Crippen LogP contribution in [0.4, 0.5) is 5.69 Å². The second-order valence-corrected chi connectivity index (χ2v) is 5.96. The Morgan fingerprint density at radius 1 is 1.32 bits per heavy atom. The minimum atomic E-state index is -0.0447. The first kappa shape index (κ1) is 13.5. The zero-order valence-corrected chi connectivity index (χ0v) is 12.7. The number of nitrogens with one attached hydrogen (secondary N) is 1. The zero-order chi connectivity index (χ0) is 14.9. The van der Waals surface area contributed by atoms with Gasteiger partial charge in [-0.3, -0.25) is 9.79 Å². The van der Waals surface area contributed by atoms with Crippen LogP contribution in [0.5, 0.6) is 11.5 Å². The Morgan fingerprint density at radius 3 is 3.09 bits per heavy atom. The average Bonchev–Trinajstić information content (AvgIpc) is 3.12. The predicted octanol–water partition coefficient (Wildman–Crippen LogP) is 2.05. The Morgan fingerprint density at radius 2 is 2.18 bits per heavy atom. The van der Waals surface area contributed by atoms with Crippen molar-refractivity contribution in [1.29, 1.82) is 0 Å². The van der Waals surface area contributed by atoms with Crippen LogP contribution in [-0.2, 0) is 4.79 Å². The molecule has 0 atom stereocenters. The van der Waals surface area contributed by atoms with Crippen molar-refractivity contribution in [2.75, 3.05) is 31.6 Å². The van der Waals surface area contributed by atoms with Crippen molar-refractivity contribution in [2.45, 2.75) is 6.42 Å². The van der Waals surface area contributed by atoms with E-state index in [9.17, 15) is 4.79 Å². The van der Waals surface area contributed by atoms with E-state index in [1.165, 1.54) is 0 Å².